The molecule has 3 unspecified atom stereocenters. The van der Waals surface area contributed by atoms with Gasteiger partial charge in [-0.2, -0.15) is 0 Å². The predicted octanol–water partition coefficient (Wildman–Crippen LogP) is -1.39. The Kier molecular flexibility index (Phi) is 2.34. The molecule has 0 aromatic heterocycles. The maximum Gasteiger partial charge on any atom is 0.169 e. The van der Waals surface area contributed by atoms with Gasteiger partial charge in [-0.15, -0.1) is 0 Å². The molecule has 1 heterocycles. The van der Waals surface area contributed by atoms with E-state index in [4.69, 9.17) is 4.74 Å². The van der Waals surface area contributed by atoms with Gasteiger partial charge >= 0.3 is 0 Å². The van der Waals surface area contributed by atoms with Crippen LogP contribution in [0.2, 0.25) is 0 Å². The average Bonchev–Trinajstić information content (AvgIpc) is 1.93. The fourth-order valence-corrected chi connectivity index (χ4v) is 1.10. The fraction of sp³-hybridized carbons (Fsp3) is 1.00. The number of ether oxygens (including phenoxy) is 1. The summed E-state index contributed by atoms with van der Waals surface area (Å²) in [6, 6.07) is 0.115. The van der Waals surface area contributed by atoms with Crippen molar-refractivity contribution in [3.05, 3.63) is 0 Å². The molecule has 0 aromatic carbocycles. The molecule has 3 nitrogen and oxygen atoms in total. The van der Waals surface area contributed by atoms with E-state index in [9.17, 15) is 5.11 Å². The summed E-state index contributed by atoms with van der Waals surface area (Å²) in [7, 11) is 4.09. The molecule has 3 atom stereocenters. The van der Waals surface area contributed by atoms with Crippen LogP contribution in [0.1, 0.15) is 6.92 Å². The second-order valence-corrected chi connectivity index (χ2v) is 2.98. The minimum atomic E-state index is -0.610. The normalized spacial score (nSPS) is 43.7. The van der Waals surface area contributed by atoms with Crippen LogP contribution >= 0.6 is 0 Å². The van der Waals surface area contributed by atoms with Crippen LogP contribution in [-0.2, 0) is 4.74 Å². The summed E-state index contributed by atoms with van der Waals surface area (Å²) in [4.78, 5) is 2.12. The second kappa shape index (κ2) is 2.90. The van der Waals surface area contributed by atoms with Gasteiger partial charge in [0.25, 0.3) is 0 Å². The van der Waals surface area contributed by atoms with Crippen molar-refractivity contribution in [2.75, 3.05) is 13.7 Å². The second-order valence-electron chi connectivity index (χ2n) is 2.98. The Labute approximate surface area is 62.4 Å². The van der Waals surface area contributed by atoms with E-state index in [2.05, 4.69) is 12.7 Å². The lowest BCUT2D eigenvalue weighted by atomic mass is 9.93. The lowest BCUT2D eigenvalue weighted by Gasteiger charge is -2.38. The standard InChI is InChI=1S/C6H14BNO2/c1-4-6(9)10-3-5(7)8(4)2/h4-6,9H,3,7H2,1-2H3. The Morgan fingerprint density at radius 2 is 2.30 bits per heavy atom. The van der Waals surface area contributed by atoms with Crippen LogP contribution in [0.25, 0.3) is 0 Å². The Bertz CT molecular complexity index is 108. The SMILES string of the molecule is BC1COC(O)C(C)N1C. The van der Waals surface area contributed by atoms with E-state index >= 15 is 0 Å². The van der Waals surface area contributed by atoms with E-state index in [0.717, 1.165) is 0 Å². The Morgan fingerprint density at radius 1 is 1.70 bits per heavy atom. The highest BCUT2D eigenvalue weighted by Gasteiger charge is 2.28. The maximum atomic E-state index is 9.20. The van der Waals surface area contributed by atoms with Gasteiger partial charge in [-0.1, -0.05) is 0 Å². The molecule has 1 N–H and O–H groups in total. The number of nitrogens with zero attached hydrogens (tertiary/aromatic N) is 1. The van der Waals surface area contributed by atoms with Gasteiger partial charge in [-0.25, -0.2) is 0 Å². The Balaban J connectivity index is 2.52. The van der Waals surface area contributed by atoms with E-state index in [1.54, 1.807) is 0 Å². The quantitative estimate of drug-likeness (QED) is 0.424. The number of hydrogen-bond donors (Lipinski definition) is 1. The van der Waals surface area contributed by atoms with Crippen molar-refractivity contribution < 1.29 is 9.84 Å². The molecule has 10 heavy (non-hydrogen) atoms. The molecule has 1 aliphatic heterocycles. The third kappa shape index (κ3) is 1.33. The molecule has 1 aliphatic rings. The van der Waals surface area contributed by atoms with E-state index in [1.807, 2.05) is 14.0 Å². The summed E-state index contributed by atoms with van der Waals surface area (Å²) < 4.78 is 5.09. The van der Waals surface area contributed by atoms with Crippen molar-refractivity contribution >= 4 is 7.85 Å². The summed E-state index contributed by atoms with van der Waals surface area (Å²) in [6.45, 7) is 2.59. The number of hydrogen-bond acceptors (Lipinski definition) is 3. The molecule has 0 aromatic rings. The summed E-state index contributed by atoms with van der Waals surface area (Å²) in [5.41, 5.74) is 0. The van der Waals surface area contributed by atoms with E-state index in [-0.39, 0.29) is 6.04 Å². The van der Waals surface area contributed by atoms with E-state index in [1.165, 1.54) is 0 Å². The van der Waals surface area contributed by atoms with Gasteiger partial charge in [0.05, 0.1) is 12.6 Å². The molecule has 0 amide bonds. The molecule has 0 bridgehead atoms. The molecule has 58 valence electrons. The van der Waals surface area contributed by atoms with Crippen LogP contribution < -0.4 is 0 Å². The maximum absolute atomic E-state index is 9.20. The topological polar surface area (TPSA) is 32.7 Å². The third-order valence-corrected chi connectivity index (χ3v) is 2.26. The highest BCUT2D eigenvalue weighted by Crippen LogP contribution is 2.12. The number of rotatable bonds is 0. The van der Waals surface area contributed by atoms with Crippen molar-refractivity contribution in [1.82, 2.24) is 4.90 Å². The van der Waals surface area contributed by atoms with Gasteiger partial charge in [0.15, 0.2) is 6.29 Å². The fourth-order valence-electron chi connectivity index (χ4n) is 1.10. The zero-order valence-corrected chi connectivity index (χ0v) is 6.74. The molecular formula is C6H14BNO2. The van der Waals surface area contributed by atoms with Gasteiger partial charge in [0.2, 0.25) is 0 Å². The van der Waals surface area contributed by atoms with Crippen LogP contribution in [-0.4, -0.2) is 49.8 Å². The highest BCUT2D eigenvalue weighted by molar-refractivity contribution is 6.11. The van der Waals surface area contributed by atoms with Gasteiger partial charge in [0, 0.05) is 5.94 Å². The van der Waals surface area contributed by atoms with Crippen LogP contribution in [0.5, 0.6) is 0 Å². The molecule has 4 heteroatoms. The lowest BCUT2D eigenvalue weighted by molar-refractivity contribution is -0.176. The van der Waals surface area contributed by atoms with Gasteiger partial charge in [0.1, 0.15) is 7.85 Å². The number of likely N-dealkylation sites (N-methyl/N-ethyl adjacent to an activating group) is 1. The number of morpholine rings is 1. The highest BCUT2D eigenvalue weighted by atomic mass is 16.6. The summed E-state index contributed by atoms with van der Waals surface area (Å²) in [5, 5.41) is 9.20. The van der Waals surface area contributed by atoms with Gasteiger partial charge in [-0.3, -0.25) is 0 Å². The molecule has 0 radical (unpaired) electrons. The monoisotopic (exact) mass is 143 g/mol. The van der Waals surface area contributed by atoms with Gasteiger partial charge in [-0.05, 0) is 14.0 Å². The van der Waals surface area contributed by atoms with Crippen LogP contribution in [0.15, 0.2) is 0 Å². The van der Waals surface area contributed by atoms with Crippen molar-refractivity contribution in [3.8, 4) is 0 Å². The number of aliphatic hydroxyl groups excluding tert-OH is 1. The van der Waals surface area contributed by atoms with Crippen LogP contribution in [0, 0.1) is 0 Å². The zero-order valence-electron chi connectivity index (χ0n) is 6.74. The molecule has 1 rings (SSSR count). The number of aliphatic hydroxyl groups is 1. The molecule has 1 fully saturated rings. The summed E-state index contributed by atoms with van der Waals surface area (Å²) >= 11 is 0. The van der Waals surface area contributed by atoms with Crippen molar-refractivity contribution in [2.24, 2.45) is 0 Å². The largest absolute Gasteiger partial charge is 0.367 e. The first-order chi connectivity index (χ1) is 4.63. The first kappa shape index (κ1) is 8.05. The summed E-state index contributed by atoms with van der Waals surface area (Å²) in [5.74, 6) is 0.415. The summed E-state index contributed by atoms with van der Waals surface area (Å²) in [6.07, 6.45) is -0.610. The first-order valence-electron chi connectivity index (χ1n) is 3.64. The Morgan fingerprint density at radius 3 is 2.80 bits per heavy atom. The van der Waals surface area contributed by atoms with Crippen molar-refractivity contribution in [1.29, 1.82) is 0 Å². The van der Waals surface area contributed by atoms with E-state index in [0.29, 0.717) is 12.5 Å². The molecular weight excluding hydrogens is 129 g/mol. The first-order valence-corrected chi connectivity index (χ1v) is 3.64. The lowest BCUT2D eigenvalue weighted by Crippen LogP contribution is -2.53. The third-order valence-electron chi connectivity index (χ3n) is 2.26. The smallest absolute Gasteiger partial charge is 0.169 e. The molecule has 1 saturated heterocycles. The van der Waals surface area contributed by atoms with Gasteiger partial charge < -0.3 is 14.7 Å². The molecule has 0 spiro atoms. The van der Waals surface area contributed by atoms with Crippen molar-refractivity contribution in [2.45, 2.75) is 25.2 Å². The zero-order chi connectivity index (χ0) is 7.72. The van der Waals surface area contributed by atoms with Crippen molar-refractivity contribution in [3.63, 3.8) is 0 Å². The Hall–Kier alpha value is -0.0551. The van der Waals surface area contributed by atoms with E-state index < -0.39 is 6.29 Å². The molecule has 0 aliphatic carbocycles. The predicted molar refractivity (Wildman–Crippen MR) is 41.5 cm³/mol. The molecule has 0 saturated carbocycles. The van der Waals surface area contributed by atoms with Crippen LogP contribution in [0.3, 0.4) is 0 Å². The average molecular weight is 143 g/mol. The van der Waals surface area contributed by atoms with Crippen LogP contribution in [0.4, 0.5) is 0 Å². The minimum Gasteiger partial charge on any atom is -0.367 e. The minimum absolute atomic E-state index is 0.115.